The summed E-state index contributed by atoms with van der Waals surface area (Å²) in [6.07, 6.45) is 7.18. The first kappa shape index (κ1) is 18.4. The zero-order chi connectivity index (χ0) is 18.8. The highest BCUT2D eigenvalue weighted by Gasteiger charge is 2.38. The van der Waals surface area contributed by atoms with Crippen LogP contribution in [0.25, 0.3) is 0 Å². The molecule has 27 heavy (non-hydrogen) atoms. The molecule has 6 nitrogen and oxygen atoms in total. The van der Waals surface area contributed by atoms with E-state index in [2.05, 4.69) is 5.32 Å². The third-order valence-electron chi connectivity index (χ3n) is 5.68. The van der Waals surface area contributed by atoms with Gasteiger partial charge in [-0.2, -0.15) is 0 Å². The zero-order valence-electron chi connectivity index (χ0n) is 15.3. The highest BCUT2D eigenvalue weighted by atomic mass is 35.5. The molecular weight excluding hydrogens is 368 g/mol. The molecule has 2 heterocycles. The second-order valence-electron chi connectivity index (χ2n) is 7.56. The van der Waals surface area contributed by atoms with Crippen molar-refractivity contribution in [2.75, 3.05) is 25.1 Å². The van der Waals surface area contributed by atoms with Crippen molar-refractivity contribution in [1.82, 2.24) is 4.90 Å². The number of carbonyl (C=O) groups is 2. The number of halogens is 1. The molecule has 2 fully saturated rings. The maximum Gasteiger partial charge on any atom is 0.229 e. The molecule has 4 rings (SSSR count). The standard InChI is InChI=1S/C20H25ClN2O4/c21-15-10-17-18(27-8-7-26-17)11-16(15)22-20(25)13-9-19(24)23(12-13)14-5-3-1-2-4-6-14/h10-11,13-14H,1-9,12H2,(H,22,25). The number of nitrogens with one attached hydrogen (secondary N) is 1. The summed E-state index contributed by atoms with van der Waals surface area (Å²) in [6, 6.07) is 3.63. The largest absolute Gasteiger partial charge is 0.486 e. The summed E-state index contributed by atoms with van der Waals surface area (Å²) in [7, 11) is 0. The molecule has 2 aliphatic heterocycles. The Morgan fingerprint density at radius 3 is 2.44 bits per heavy atom. The Morgan fingerprint density at radius 1 is 1.07 bits per heavy atom. The average molecular weight is 393 g/mol. The molecule has 1 aromatic rings. The lowest BCUT2D eigenvalue weighted by Gasteiger charge is -2.27. The lowest BCUT2D eigenvalue weighted by Crippen LogP contribution is -2.37. The lowest BCUT2D eigenvalue weighted by molar-refractivity contribution is -0.130. The summed E-state index contributed by atoms with van der Waals surface area (Å²) in [5.74, 6) is 0.738. The van der Waals surface area contributed by atoms with E-state index in [-0.39, 0.29) is 30.2 Å². The molecular formula is C20H25ClN2O4. The van der Waals surface area contributed by atoms with Crippen molar-refractivity contribution >= 4 is 29.1 Å². The molecule has 1 aromatic carbocycles. The summed E-state index contributed by atoms with van der Waals surface area (Å²) < 4.78 is 11.1. The molecule has 3 aliphatic rings. The summed E-state index contributed by atoms with van der Waals surface area (Å²) in [4.78, 5) is 27.2. The number of amides is 2. The van der Waals surface area contributed by atoms with Crippen LogP contribution in [-0.4, -0.2) is 42.5 Å². The van der Waals surface area contributed by atoms with Gasteiger partial charge in [-0.05, 0) is 12.8 Å². The van der Waals surface area contributed by atoms with Crippen molar-refractivity contribution in [2.24, 2.45) is 5.92 Å². The number of hydrogen-bond acceptors (Lipinski definition) is 4. The first-order valence-corrected chi connectivity index (χ1v) is 10.2. The Morgan fingerprint density at radius 2 is 1.74 bits per heavy atom. The van der Waals surface area contributed by atoms with Gasteiger partial charge in [0.1, 0.15) is 13.2 Å². The summed E-state index contributed by atoms with van der Waals surface area (Å²) >= 11 is 6.28. The monoisotopic (exact) mass is 392 g/mol. The predicted molar refractivity (Wildman–Crippen MR) is 102 cm³/mol. The summed E-state index contributed by atoms with van der Waals surface area (Å²) in [5.41, 5.74) is 0.492. The molecule has 2 amide bonds. The van der Waals surface area contributed by atoms with E-state index in [0.717, 1.165) is 25.7 Å². The number of carbonyl (C=O) groups excluding carboxylic acids is 2. The highest BCUT2D eigenvalue weighted by Crippen LogP contribution is 2.38. The zero-order valence-corrected chi connectivity index (χ0v) is 16.1. The van der Waals surface area contributed by atoms with Crippen LogP contribution < -0.4 is 14.8 Å². The smallest absolute Gasteiger partial charge is 0.229 e. The van der Waals surface area contributed by atoms with Crippen LogP contribution in [0.3, 0.4) is 0 Å². The first-order valence-electron chi connectivity index (χ1n) is 9.81. The SMILES string of the molecule is O=C(Nc1cc2c(cc1Cl)OCCO2)C1CC(=O)N(C2CCCCCC2)C1. The maximum atomic E-state index is 12.8. The third-order valence-corrected chi connectivity index (χ3v) is 6.00. The molecule has 0 aromatic heterocycles. The quantitative estimate of drug-likeness (QED) is 0.798. The number of nitrogens with zero attached hydrogens (tertiary/aromatic N) is 1. The Bertz CT molecular complexity index is 731. The van der Waals surface area contributed by atoms with E-state index in [1.807, 2.05) is 4.90 Å². The number of ether oxygens (including phenoxy) is 2. The third kappa shape index (κ3) is 4.00. The number of rotatable bonds is 3. The minimum absolute atomic E-state index is 0.0929. The van der Waals surface area contributed by atoms with Crippen molar-refractivity contribution in [3.63, 3.8) is 0 Å². The van der Waals surface area contributed by atoms with Crippen LogP contribution >= 0.6 is 11.6 Å². The number of fused-ring (bicyclic) bond motifs is 1. The molecule has 146 valence electrons. The van der Waals surface area contributed by atoms with E-state index < -0.39 is 0 Å². The molecule has 1 unspecified atom stereocenters. The molecule has 1 saturated carbocycles. The normalized spacial score (nSPS) is 23.2. The van der Waals surface area contributed by atoms with E-state index in [9.17, 15) is 9.59 Å². The van der Waals surface area contributed by atoms with Gasteiger partial charge in [0.15, 0.2) is 11.5 Å². The topological polar surface area (TPSA) is 67.9 Å². The van der Waals surface area contributed by atoms with E-state index in [1.54, 1.807) is 12.1 Å². The van der Waals surface area contributed by atoms with Gasteiger partial charge in [0.05, 0.1) is 16.6 Å². The molecule has 0 radical (unpaired) electrons. The molecule has 1 atom stereocenters. The van der Waals surface area contributed by atoms with Crippen LogP contribution in [0.1, 0.15) is 44.9 Å². The van der Waals surface area contributed by atoms with Crippen LogP contribution in [0.4, 0.5) is 5.69 Å². The van der Waals surface area contributed by atoms with Gasteiger partial charge in [-0.3, -0.25) is 9.59 Å². The molecule has 0 bridgehead atoms. The molecule has 1 N–H and O–H groups in total. The number of benzene rings is 1. The van der Waals surface area contributed by atoms with E-state index in [0.29, 0.717) is 42.0 Å². The van der Waals surface area contributed by atoms with Crippen LogP contribution in [0.15, 0.2) is 12.1 Å². The summed E-state index contributed by atoms with van der Waals surface area (Å²) in [6.45, 7) is 1.45. The van der Waals surface area contributed by atoms with E-state index in [4.69, 9.17) is 21.1 Å². The summed E-state index contributed by atoms with van der Waals surface area (Å²) in [5, 5.41) is 3.27. The van der Waals surface area contributed by atoms with Crippen molar-refractivity contribution in [2.45, 2.75) is 51.0 Å². The second-order valence-corrected chi connectivity index (χ2v) is 7.96. The van der Waals surface area contributed by atoms with Gasteiger partial charge in [-0.25, -0.2) is 0 Å². The van der Waals surface area contributed by atoms with Crippen LogP contribution in [0.2, 0.25) is 5.02 Å². The second kappa shape index (κ2) is 7.97. The number of likely N-dealkylation sites (tertiary alicyclic amines) is 1. The van der Waals surface area contributed by atoms with E-state index >= 15 is 0 Å². The van der Waals surface area contributed by atoms with Crippen molar-refractivity contribution in [1.29, 1.82) is 0 Å². The molecule has 1 saturated heterocycles. The van der Waals surface area contributed by atoms with Gasteiger partial charge < -0.3 is 19.7 Å². The van der Waals surface area contributed by atoms with Gasteiger partial charge in [0.2, 0.25) is 11.8 Å². The molecule has 0 spiro atoms. The van der Waals surface area contributed by atoms with E-state index in [1.165, 1.54) is 12.8 Å². The van der Waals surface area contributed by atoms with Crippen molar-refractivity contribution in [3.8, 4) is 11.5 Å². The van der Waals surface area contributed by atoms with Gasteiger partial charge >= 0.3 is 0 Å². The van der Waals surface area contributed by atoms with Gasteiger partial charge in [0.25, 0.3) is 0 Å². The minimum atomic E-state index is -0.343. The predicted octanol–water partition coefficient (Wildman–Crippen LogP) is 3.62. The number of hydrogen-bond donors (Lipinski definition) is 1. The lowest BCUT2D eigenvalue weighted by atomic mass is 10.1. The molecule has 7 heteroatoms. The Hall–Kier alpha value is -1.95. The fraction of sp³-hybridized carbons (Fsp3) is 0.600. The average Bonchev–Trinajstić information content (AvgIpc) is 2.87. The molecule has 1 aliphatic carbocycles. The van der Waals surface area contributed by atoms with Gasteiger partial charge in [-0.1, -0.05) is 37.3 Å². The first-order chi connectivity index (χ1) is 13.1. The fourth-order valence-corrected chi connectivity index (χ4v) is 4.43. The van der Waals surface area contributed by atoms with Crippen LogP contribution in [-0.2, 0) is 9.59 Å². The number of anilines is 1. The maximum absolute atomic E-state index is 12.8. The highest BCUT2D eigenvalue weighted by molar-refractivity contribution is 6.34. The van der Waals surface area contributed by atoms with Crippen molar-refractivity contribution in [3.05, 3.63) is 17.2 Å². The van der Waals surface area contributed by atoms with Gasteiger partial charge in [-0.15, -0.1) is 0 Å². The van der Waals surface area contributed by atoms with Crippen LogP contribution in [0.5, 0.6) is 11.5 Å². The Balaban J connectivity index is 1.42. The fourth-order valence-electron chi connectivity index (χ4n) is 4.22. The Kier molecular flexibility index (Phi) is 5.43. The van der Waals surface area contributed by atoms with Crippen LogP contribution in [0, 0.1) is 5.92 Å². The minimum Gasteiger partial charge on any atom is -0.486 e. The Labute approximate surface area is 164 Å². The van der Waals surface area contributed by atoms with Gasteiger partial charge in [0, 0.05) is 31.1 Å². The van der Waals surface area contributed by atoms with Crippen molar-refractivity contribution < 1.29 is 19.1 Å².